The average molecular weight is 353 g/mol. The molecule has 0 radical (unpaired) electrons. The van der Waals surface area contributed by atoms with Gasteiger partial charge in [-0.1, -0.05) is 50.2 Å². The van der Waals surface area contributed by atoms with Crippen LogP contribution in [0, 0.1) is 0 Å². The van der Waals surface area contributed by atoms with Gasteiger partial charge in [-0.2, -0.15) is 0 Å². The third-order valence-electron chi connectivity index (χ3n) is 5.19. The number of hydrogen-bond acceptors (Lipinski definition) is 5. The highest BCUT2D eigenvalue weighted by molar-refractivity contribution is 6.11. The van der Waals surface area contributed by atoms with E-state index < -0.39 is 23.2 Å². The fraction of sp³-hybridized carbons (Fsp3) is 0.300. The molecule has 0 spiro atoms. The zero-order valence-corrected chi connectivity index (χ0v) is 14.7. The molecule has 1 aliphatic heterocycles. The Morgan fingerprint density at radius 1 is 1.19 bits per heavy atom. The van der Waals surface area contributed by atoms with E-state index in [1.54, 1.807) is 36.4 Å². The van der Waals surface area contributed by atoms with Gasteiger partial charge in [0.25, 0.3) is 5.79 Å². The number of nitrogens with one attached hydrogen (secondary N) is 1. The number of aliphatic hydroxyl groups is 1. The molecule has 134 valence electrons. The maximum absolute atomic E-state index is 13.3. The Labute approximate surface area is 150 Å². The number of methoxy groups -OCH3 is 1. The van der Waals surface area contributed by atoms with Gasteiger partial charge in [0.1, 0.15) is 5.75 Å². The summed E-state index contributed by atoms with van der Waals surface area (Å²) in [6, 6.07) is 12.0. The number of ketones is 1. The fourth-order valence-corrected chi connectivity index (χ4v) is 3.84. The van der Waals surface area contributed by atoms with Crippen molar-refractivity contribution in [3.8, 4) is 5.75 Å². The summed E-state index contributed by atoms with van der Waals surface area (Å²) in [5.41, 5.74) is 0.264. The first-order valence-electron chi connectivity index (χ1n) is 8.41. The zero-order valence-electron chi connectivity index (χ0n) is 14.7. The Hall–Kier alpha value is -2.86. The number of ether oxygens (including phenoxy) is 2. The number of alkyl carbamates (subject to hydrolysis) is 1. The lowest BCUT2D eigenvalue weighted by Gasteiger charge is -2.33. The van der Waals surface area contributed by atoms with Crippen molar-refractivity contribution in [2.24, 2.45) is 0 Å². The van der Waals surface area contributed by atoms with Crippen molar-refractivity contribution in [1.29, 1.82) is 0 Å². The summed E-state index contributed by atoms with van der Waals surface area (Å²) in [7, 11) is 1.20. The second-order valence-electron chi connectivity index (χ2n) is 6.90. The van der Waals surface area contributed by atoms with Crippen molar-refractivity contribution in [3.05, 3.63) is 64.7 Å². The van der Waals surface area contributed by atoms with Gasteiger partial charge in [-0.15, -0.1) is 0 Å². The summed E-state index contributed by atoms with van der Waals surface area (Å²) < 4.78 is 10.6. The van der Waals surface area contributed by atoms with E-state index in [-0.39, 0.29) is 5.92 Å². The topological polar surface area (TPSA) is 84.9 Å². The molecule has 26 heavy (non-hydrogen) atoms. The van der Waals surface area contributed by atoms with Crippen molar-refractivity contribution in [1.82, 2.24) is 5.32 Å². The van der Waals surface area contributed by atoms with Crippen molar-refractivity contribution < 1.29 is 24.2 Å². The summed E-state index contributed by atoms with van der Waals surface area (Å²) in [5, 5.41) is 14.0. The van der Waals surface area contributed by atoms with Gasteiger partial charge in [0.05, 0.1) is 7.11 Å². The second kappa shape index (κ2) is 5.32. The summed E-state index contributed by atoms with van der Waals surface area (Å²) in [5.74, 6) is -1.85. The summed E-state index contributed by atoms with van der Waals surface area (Å²) in [6.07, 6.45) is -0.825. The van der Waals surface area contributed by atoms with Gasteiger partial charge in [0, 0.05) is 16.7 Å². The highest BCUT2D eigenvalue weighted by atomic mass is 16.6. The van der Waals surface area contributed by atoms with Gasteiger partial charge in [0.2, 0.25) is 11.3 Å². The molecule has 0 bridgehead atoms. The molecule has 1 aliphatic carbocycles. The molecular formula is C20H19NO5. The Balaban J connectivity index is 1.99. The molecule has 1 amide bonds. The van der Waals surface area contributed by atoms with Gasteiger partial charge in [-0.05, 0) is 17.5 Å². The zero-order chi connectivity index (χ0) is 18.7. The van der Waals surface area contributed by atoms with Crippen LogP contribution in [0.25, 0.3) is 0 Å². The minimum absolute atomic E-state index is 0.242. The first kappa shape index (κ1) is 16.6. The van der Waals surface area contributed by atoms with E-state index in [9.17, 15) is 14.7 Å². The highest BCUT2D eigenvalue weighted by Crippen LogP contribution is 2.58. The summed E-state index contributed by atoms with van der Waals surface area (Å²) >= 11 is 0. The molecule has 2 unspecified atom stereocenters. The van der Waals surface area contributed by atoms with Crippen LogP contribution in [0.4, 0.5) is 4.79 Å². The Kier molecular flexibility index (Phi) is 3.39. The lowest BCUT2D eigenvalue weighted by Crippen LogP contribution is -2.60. The number of rotatable bonds is 2. The smallest absolute Gasteiger partial charge is 0.408 e. The molecule has 2 aliphatic rings. The van der Waals surface area contributed by atoms with Crippen molar-refractivity contribution in [3.63, 3.8) is 0 Å². The number of carbonyl (C=O) groups excluding carboxylic acids is 2. The fourth-order valence-electron chi connectivity index (χ4n) is 3.84. The first-order chi connectivity index (χ1) is 12.3. The molecule has 6 heteroatoms. The Bertz CT molecular complexity index is 938. The van der Waals surface area contributed by atoms with Crippen molar-refractivity contribution >= 4 is 11.9 Å². The Morgan fingerprint density at radius 2 is 1.92 bits per heavy atom. The minimum Gasteiger partial charge on any atom is -0.454 e. The average Bonchev–Trinajstić information content (AvgIpc) is 2.99. The molecule has 2 N–H and O–H groups in total. The Morgan fingerprint density at radius 3 is 2.62 bits per heavy atom. The molecular weight excluding hydrogens is 334 g/mol. The number of fused-ring (bicyclic) bond motifs is 5. The third-order valence-corrected chi connectivity index (χ3v) is 5.19. The molecule has 0 saturated carbocycles. The molecule has 6 nitrogen and oxygen atoms in total. The second-order valence-corrected chi connectivity index (χ2v) is 6.90. The quantitative estimate of drug-likeness (QED) is 0.867. The summed E-state index contributed by atoms with van der Waals surface area (Å²) in [6.45, 7) is 4.07. The molecule has 0 aromatic heterocycles. The van der Waals surface area contributed by atoms with Gasteiger partial charge < -0.3 is 14.6 Å². The van der Waals surface area contributed by atoms with Gasteiger partial charge in [0.15, 0.2) is 0 Å². The number of benzene rings is 2. The van der Waals surface area contributed by atoms with Crippen LogP contribution in [0.3, 0.4) is 0 Å². The van der Waals surface area contributed by atoms with Crippen LogP contribution < -0.4 is 10.1 Å². The van der Waals surface area contributed by atoms with Gasteiger partial charge in [-0.3, -0.25) is 10.1 Å². The van der Waals surface area contributed by atoms with E-state index in [2.05, 4.69) is 5.32 Å². The number of Topliss-reactive ketones (excluding diaryl/α,β-unsaturated/α-hetero) is 1. The van der Waals surface area contributed by atoms with E-state index in [0.29, 0.717) is 22.4 Å². The van der Waals surface area contributed by atoms with E-state index in [1.165, 1.54) is 7.11 Å². The van der Waals surface area contributed by atoms with Gasteiger partial charge in [-0.25, -0.2) is 4.79 Å². The van der Waals surface area contributed by atoms with Gasteiger partial charge >= 0.3 is 6.09 Å². The standard InChI is InChI=1S/C20H19NO5/c1-11(2)12-8-9-15-16(10-12)26-20(24)14-7-5-4-6-13(14)17(22)19(15,20)21-18(23)25-3/h4-11,24H,1-3H3,(H,21,23). The predicted molar refractivity (Wildman–Crippen MR) is 93.0 cm³/mol. The van der Waals surface area contributed by atoms with E-state index in [4.69, 9.17) is 9.47 Å². The van der Waals surface area contributed by atoms with Crippen LogP contribution in [0.5, 0.6) is 5.75 Å². The largest absolute Gasteiger partial charge is 0.454 e. The third kappa shape index (κ3) is 1.85. The normalized spacial score (nSPS) is 25.3. The van der Waals surface area contributed by atoms with Crippen LogP contribution in [-0.2, 0) is 16.1 Å². The van der Waals surface area contributed by atoms with Crippen LogP contribution in [0.1, 0.15) is 46.8 Å². The first-order valence-corrected chi connectivity index (χ1v) is 8.41. The number of carbonyl (C=O) groups is 2. The minimum atomic E-state index is -2.03. The molecule has 0 fully saturated rings. The van der Waals surface area contributed by atoms with Crippen LogP contribution >= 0.6 is 0 Å². The predicted octanol–water partition coefficient (Wildman–Crippen LogP) is 2.80. The van der Waals surface area contributed by atoms with Crippen LogP contribution in [0.15, 0.2) is 42.5 Å². The highest BCUT2D eigenvalue weighted by Gasteiger charge is 2.71. The molecule has 2 atom stereocenters. The lowest BCUT2D eigenvalue weighted by molar-refractivity contribution is -0.169. The van der Waals surface area contributed by atoms with E-state index >= 15 is 0 Å². The summed E-state index contributed by atoms with van der Waals surface area (Å²) in [4.78, 5) is 25.4. The molecule has 1 heterocycles. The monoisotopic (exact) mass is 353 g/mol. The SMILES string of the molecule is COC(=O)NC12C(=O)c3ccccc3C1(O)Oc1cc(C(C)C)ccc12. The molecule has 0 saturated heterocycles. The van der Waals surface area contributed by atoms with Crippen LogP contribution in [-0.4, -0.2) is 24.1 Å². The molecule has 2 aromatic rings. The molecule has 2 aromatic carbocycles. The van der Waals surface area contributed by atoms with E-state index in [0.717, 1.165) is 5.56 Å². The molecule has 4 rings (SSSR count). The van der Waals surface area contributed by atoms with Crippen molar-refractivity contribution in [2.75, 3.05) is 7.11 Å². The maximum Gasteiger partial charge on any atom is 0.408 e. The van der Waals surface area contributed by atoms with Crippen molar-refractivity contribution in [2.45, 2.75) is 31.1 Å². The number of amides is 1. The van der Waals surface area contributed by atoms with Crippen LogP contribution in [0.2, 0.25) is 0 Å². The maximum atomic E-state index is 13.3. The number of hydrogen-bond donors (Lipinski definition) is 2. The lowest BCUT2D eigenvalue weighted by atomic mass is 9.82. The van der Waals surface area contributed by atoms with E-state index in [1.807, 2.05) is 19.9 Å².